The van der Waals surface area contributed by atoms with E-state index in [1.54, 1.807) is 24.3 Å². The molecule has 0 saturated carbocycles. The molecule has 1 aromatic heterocycles. The van der Waals surface area contributed by atoms with E-state index >= 15 is 0 Å². The number of thiazole rings is 1. The molecule has 3 aromatic carbocycles. The van der Waals surface area contributed by atoms with Gasteiger partial charge in [0.1, 0.15) is 15.7 Å². The number of hydrogen-bond acceptors (Lipinski definition) is 4. The molecule has 0 unspecified atom stereocenters. The van der Waals surface area contributed by atoms with E-state index in [0.717, 1.165) is 29.0 Å². The van der Waals surface area contributed by atoms with Crippen molar-refractivity contribution in [2.75, 3.05) is 10.6 Å². The van der Waals surface area contributed by atoms with Gasteiger partial charge in [-0.05, 0) is 30.3 Å². The van der Waals surface area contributed by atoms with Crippen molar-refractivity contribution < 1.29 is 27.2 Å². The van der Waals surface area contributed by atoms with E-state index in [0.29, 0.717) is 11.1 Å². The van der Waals surface area contributed by atoms with Gasteiger partial charge in [0.05, 0.1) is 23.0 Å². The number of carbonyl (C=O) groups is 2. The number of carbonyl (C=O) groups excluding carboxylic acids is 2. The molecule has 5 nitrogen and oxygen atoms in total. The molecule has 0 fully saturated rings. The standard InChI is InChI=1S/C24H15F4N3O2S/c25-18-9-5-4-8-16(18)21(32)30-15-10-11-19(17(12-15)24(26,27)28)31-22(33)20-13-29-23(34-20)14-6-2-1-3-7-14/h1-13H,(H,30,32)(H,31,33). The van der Waals surface area contributed by atoms with Crippen molar-refractivity contribution in [1.82, 2.24) is 4.98 Å². The number of anilines is 2. The lowest BCUT2D eigenvalue weighted by Gasteiger charge is -2.15. The van der Waals surface area contributed by atoms with E-state index < -0.39 is 35.1 Å². The number of hydrogen-bond donors (Lipinski definition) is 2. The van der Waals surface area contributed by atoms with Gasteiger partial charge < -0.3 is 10.6 Å². The molecule has 0 aliphatic rings. The fraction of sp³-hybridized carbons (Fsp3) is 0.0417. The zero-order valence-electron chi connectivity index (χ0n) is 17.2. The zero-order valence-corrected chi connectivity index (χ0v) is 18.0. The predicted molar refractivity (Wildman–Crippen MR) is 121 cm³/mol. The molecule has 2 N–H and O–H groups in total. The number of alkyl halides is 3. The Labute approximate surface area is 195 Å². The molecule has 0 atom stereocenters. The van der Waals surface area contributed by atoms with Crippen molar-refractivity contribution in [2.24, 2.45) is 0 Å². The Bertz CT molecular complexity index is 1350. The minimum atomic E-state index is -4.83. The van der Waals surface area contributed by atoms with Crippen LogP contribution in [0.2, 0.25) is 0 Å². The second-order valence-electron chi connectivity index (χ2n) is 7.04. The van der Waals surface area contributed by atoms with Crippen LogP contribution in [-0.2, 0) is 6.18 Å². The summed E-state index contributed by atoms with van der Waals surface area (Å²) in [6.07, 6.45) is -3.54. The number of halogens is 4. The Morgan fingerprint density at radius 2 is 1.56 bits per heavy atom. The average Bonchev–Trinajstić information content (AvgIpc) is 3.31. The first kappa shape index (κ1) is 23.1. The van der Waals surface area contributed by atoms with Gasteiger partial charge >= 0.3 is 6.18 Å². The summed E-state index contributed by atoms with van der Waals surface area (Å²) in [6.45, 7) is 0. The van der Waals surface area contributed by atoms with Crippen LogP contribution in [0.25, 0.3) is 10.6 Å². The zero-order chi connectivity index (χ0) is 24.3. The van der Waals surface area contributed by atoms with Gasteiger partial charge in [0.15, 0.2) is 0 Å². The van der Waals surface area contributed by atoms with Gasteiger partial charge in [-0.15, -0.1) is 11.3 Å². The van der Waals surface area contributed by atoms with Gasteiger partial charge in [-0.1, -0.05) is 42.5 Å². The van der Waals surface area contributed by atoms with Gasteiger partial charge in [0.25, 0.3) is 11.8 Å². The Kier molecular flexibility index (Phi) is 6.42. The maximum Gasteiger partial charge on any atom is 0.418 e. The summed E-state index contributed by atoms with van der Waals surface area (Å²) < 4.78 is 54.9. The quantitative estimate of drug-likeness (QED) is 0.318. The number of aromatic nitrogens is 1. The van der Waals surface area contributed by atoms with Crippen LogP contribution in [0.3, 0.4) is 0 Å². The molecule has 34 heavy (non-hydrogen) atoms. The number of benzene rings is 3. The number of amides is 2. The highest BCUT2D eigenvalue weighted by Gasteiger charge is 2.34. The predicted octanol–water partition coefficient (Wildman–Crippen LogP) is 6.47. The van der Waals surface area contributed by atoms with Crippen LogP contribution in [0.15, 0.2) is 79.0 Å². The van der Waals surface area contributed by atoms with Crippen molar-refractivity contribution in [2.45, 2.75) is 6.18 Å². The maximum absolute atomic E-state index is 13.8. The van der Waals surface area contributed by atoms with E-state index in [1.165, 1.54) is 30.5 Å². The molecule has 0 spiro atoms. The molecule has 2 amide bonds. The summed E-state index contributed by atoms with van der Waals surface area (Å²) in [5.74, 6) is -2.46. The van der Waals surface area contributed by atoms with Gasteiger partial charge in [-0.2, -0.15) is 13.2 Å². The van der Waals surface area contributed by atoms with Crippen molar-refractivity contribution in [1.29, 1.82) is 0 Å². The minimum Gasteiger partial charge on any atom is -0.322 e. The maximum atomic E-state index is 13.8. The first-order valence-corrected chi connectivity index (χ1v) is 10.6. The fourth-order valence-corrected chi connectivity index (χ4v) is 3.90. The minimum absolute atomic E-state index is 0.129. The van der Waals surface area contributed by atoms with Crippen molar-refractivity contribution in [3.05, 3.63) is 101 Å². The molecule has 0 aliphatic heterocycles. The highest BCUT2D eigenvalue weighted by Crippen LogP contribution is 2.37. The van der Waals surface area contributed by atoms with Crippen LogP contribution >= 0.6 is 11.3 Å². The van der Waals surface area contributed by atoms with Crippen molar-refractivity contribution in [3.63, 3.8) is 0 Å². The molecule has 0 aliphatic carbocycles. The van der Waals surface area contributed by atoms with Gasteiger partial charge in [-0.3, -0.25) is 9.59 Å². The third-order valence-corrected chi connectivity index (χ3v) is 5.74. The highest BCUT2D eigenvalue weighted by atomic mass is 32.1. The summed E-state index contributed by atoms with van der Waals surface area (Å²) in [5, 5.41) is 5.05. The molecule has 10 heteroatoms. The highest BCUT2D eigenvalue weighted by molar-refractivity contribution is 7.17. The molecule has 0 radical (unpaired) electrons. The number of rotatable bonds is 5. The largest absolute Gasteiger partial charge is 0.418 e. The van der Waals surface area contributed by atoms with Crippen molar-refractivity contribution in [3.8, 4) is 10.6 Å². The molecule has 1 heterocycles. The second-order valence-corrected chi connectivity index (χ2v) is 8.07. The molecule has 4 aromatic rings. The van der Waals surface area contributed by atoms with Crippen LogP contribution in [0.4, 0.5) is 28.9 Å². The smallest absolute Gasteiger partial charge is 0.322 e. The van der Waals surface area contributed by atoms with E-state index in [-0.39, 0.29) is 16.1 Å². The number of nitrogens with one attached hydrogen (secondary N) is 2. The summed E-state index contributed by atoms with van der Waals surface area (Å²) in [5.41, 5.74) is -1.40. The van der Waals surface area contributed by atoms with Crippen LogP contribution in [-0.4, -0.2) is 16.8 Å². The van der Waals surface area contributed by atoms with Gasteiger partial charge in [0, 0.05) is 11.3 Å². The first-order chi connectivity index (χ1) is 16.2. The molecular formula is C24H15F4N3O2S. The Hall–Kier alpha value is -4.05. The van der Waals surface area contributed by atoms with Crippen LogP contribution in [0.5, 0.6) is 0 Å². The Morgan fingerprint density at radius 1 is 0.853 bits per heavy atom. The molecular weight excluding hydrogens is 470 g/mol. The third-order valence-electron chi connectivity index (χ3n) is 4.70. The van der Waals surface area contributed by atoms with E-state index in [2.05, 4.69) is 15.6 Å². The summed E-state index contributed by atoms with van der Waals surface area (Å²) in [4.78, 5) is 29.1. The molecule has 4 rings (SSSR count). The topological polar surface area (TPSA) is 71.1 Å². The summed E-state index contributed by atoms with van der Waals surface area (Å²) in [6, 6.07) is 17.0. The third kappa shape index (κ3) is 5.12. The number of nitrogens with zero attached hydrogens (tertiary/aromatic N) is 1. The first-order valence-electron chi connectivity index (χ1n) is 9.82. The fourth-order valence-electron chi connectivity index (χ4n) is 3.09. The molecule has 0 saturated heterocycles. The SMILES string of the molecule is O=C(Nc1ccc(NC(=O)c2ccccc2F)cc1C(F)(F)F)c1cnc(-c2ccccc2)s1. The van der Waals surface area contributed by atoms with Crippen molar-refractivity contribution >= 4 is 34.5 Å². The normalized spacial score (nSPS) is 11.2. The molecule has 172 valence electrons. The van der Waals surface area contributed by atoms with E-state index in [9.17, 15) is 27.2 Å². The Morgan fingerprint density at radius 3 is 2.26 bits per heavy atom. The Balaban J connectivity index is 1.56. The monoisotopic (exact) mass is 485 g/mol. The van der Waals surface area contributed by atoms with Crippen LogP contribution in [0.1, 0.15) is 25.6 Å². The average molecular weight is 485 g/mol. The van der Waals surface area contributed by atoms with Gasteiger partial charge in [-0.25, -0.2) is 9.37 Å². The lowest BCUT2D eigenvalue weighted by molar-refractivity contribution is -0.136. The lowest BCUT2D eigenvalue weighted by atomic mass is 10.1. The lowest BCUT2D eigenvalue weighted by Crippen LogP contribution is -2.18. The summed E-state index contributed by atoms with van der Waals surface area (Å²) in [7, 11) is 0. The summed E-state index contributed by atoms with van der Waals surface area (Å²) >= 11 is 1.04. The van der Waals surface area contributed by atoms with Crippen LogP contribution in [0, 0.1) is 5.82 Å². The van der Waals surface area contributed by atoms with Gasteiger partial charge in [0.2, 0.25) is 0 Å². The molecule has 0 bridgehead atoms. The van der Waals surface area contributed by atoms with E-state index in [4.69, 9.17) is 0 Å². The second kappa shape index (κ2) is 9.44. The van der Waals surface area contributed by atoms with Crippen LogP contribution < -0.4 is 10.6 Å². The van der Waals surface area contributed by atoms with E-state index in [1.807, 2.05) is 6.07 Å².